The molecule has 0 saturated carbocycles. The molecule has 9 aromatic rings. The summed E-state index contributed by atoms with van der Waals surface area (Å²) in [5, 5.41) is 7.83. The first-order chi connectivity index (χ1) is 22.3. The molecule has 0 amide bonds. The van der Waals surface area contributed by atoms with Crippen LogP contribution in [-0.4, -0.2) is 4.57 Å². The summed E-state index contributed by atoms with van der Waals surface area (Å²) in [7, 11) is 0. The molecule has 0 N–H and O–H groups in total. The van der Waals surface area contributed by atoms with Gasteiger partial charge in [-0.2, -0.15) is 0 Å². The van der Waals surface area contributed by atoms with E-state index >= 15 is 0 Å². The Balaban J connectivity index is 1.27. The Labute approximate surface area is 261 Å². The van der Waals surface area contributed by atoms with Crippen LogP contribution < -0.4 is 0 Å². The zero-order valence-electron chi connectivity index (χ0n) is 24.5. The molecule has 1 aliphatic rings. The van der Waals surface area contributed by atoms with Gasteiger partial charge in [0.1, 0.15) is 0 Å². The fourth-order valence-corrected chi connectivity index (χ4v) is 7.72. The molecule has 10 rings (SSSR count). The maximum Gasteiger partial charge on any atom is 0.0619 e. The summed E-state index contributed by atoms with van der Waals surface area (Å²) in [4.78, 5) is 0. The maximum atomic E-state index is 2.51. The van der Waals surface area contributed by atoms with Gasteiger partial charge in [0.05, 0.1) is 11.0 Å². The predicted molar refractivity (Wildman–Crippen MR) is 191 cm³/mol. The molecule has 0 spiro atoms. The molecule has 0 radical (unpaired) electrons. The van der Waals surface area contributed by atoms with Crippen LogP contribution in [-0.2, 0) is 0 Å². The third kappa shape index (κ3) is 3.50. The third-order valence-corrected chi connectivity index (χ3v) is 9.71. The number of rotatable bonds is 3. The highest BCUT2D eigenvalue weighted by Gasteiger charge is 2.25. The van der Waals surface area contributed by atoms with E-state index in [9.17, 15) is 0 Å². The van der Waals surface area contributed by atoms with E-state index in [1.807, 2.05) is 0 Å². The van der Waals surface area contributed by atoms with E-state index in [0.717, 1.165) is 0 Å². The van der Waals surface area contributed by atoms with Crippen molar-refractivity contribution in [3.63, 3.8) is 0 Å². The van der Waals surface area contributed by atoms with Crippen molar-refractivity contribution in [2.24, 2.45) is 0 Å². The van der Waals surface area contributed by atoms with Gasteiger partial charge in [-0.05, 0) is 78.9 Å². The van der Waals surface area contributed by atoms with Gasteiger partial charge in [-0.25, -0.2) is 0 Å². The van der Waals surface area contributed by atoms with Gasteiger partial charge in [0.15, 0.2) is 0 Å². The normalized spacial score (nSPS) is 12.0. The van der Waals surface area contributed by atoms with E-state index in [-0.39, 0.29) is 0 Å². The molecule has 1 heterocycles. The summed E-state index contributed by atoms with van der Waals surface area (Å²) >= 11 is 0. The first-order valence-corrected chi connectivity index (χ1v) is 15.6. The van der Waals surface area contributed by atoms with Crippen LogP contribution in [0.2, 0.25) is 0 Å². The van der Waals surface area contributed by atoms with Crippen LogP contribution in [0.25, 0.3) is 93.5 Å². The van der Waals surface area contributed by atoms with Crippen molar-refractivity contribution in [1.82, 2.24) is 4.57 Å². The Morgan fingerprint density at radius 2 is 0.956 bits per heavy atom. The van der Waals surface area contributed by atoms with Gasteiger partial charge in [-0.3, -0.25) is 0 Å². The summed E-state index contributed by atoms with van der Waals surface area (Å²) in [6.45, 7) is 0. The first kappa shape index (κ1) is 24.5. The monoisotopic (exact) mass is 569 g/mol. The number of hydrogen-bond acceptors (Lipinski definition) is 0. The standard InChI is InChI=1S/C44H27N/c1-2-10-28(11-3-1)29-20-22-30(23-21-29)32-13-8-14-33(26-32)45-41-27-40-36-17-7-6-16-35(36)37-18-9-19-38(42(37)40)43(41)39-25-24-31-12-4-5-15-34(31)44(39)45/h1-27H. The molecule has 0 atom stereocenters. The van der Waals surface area contributed by atoms with E-state index < -0.39 is 0 Å². The highest BCUT2D eigenvalue weighted by Crippen LogP contribution is 2.51. The van der Waals surface area contributed by atoms with E-state index in [1.165, 1.54) is 93.5 Å². The van der Waals surface area contributed by atoms with Gasteiger partial charge in [0.2, 0.25) is 0 Å². The number of aromatic nitrogens is 1. The summed E-state index contributed by atoms with van der Waals surface area (Å²) in [6, 6.07) is 60.1. The molecule has 0 saturated heterocycles. The molecule has 208 valence electrons. The maximum absolute atomic E-state index is 2.51. The minimum atomic E-state index is 1.17. The van der Waals surface area contributed by atoms with Crippen LogP contribution in [0.4, 0.5) is 0 Å². The van der Waals surface area contributed by atoms with Crippen LogP contribution in [0.5, 0.6) is 0 Å². The fourth-order valence-electron chi connectivity index (χ4n) is 7.72. The van der Waals surface area contributed by atoms with Gasteiger partial charge in [0, 0.05) is 21.8 Å². The van der Waals surface area contributed by atoms with Crippen LogP contribution in [0, 0.1) is 0 Å². The number of benzene rings is 8. The van der Waals surface area contributed by atoms with E-state index in [4.69, 9.17) is 0 Å². The molecule has 0 fully saturated rings. The van der Waals surface area contributed by atoms with Crippen LogP contribution in [0.15, 0.2) is 164 Å². The van der Waals surface area contributed by atoms with E-state index in [2.05, 4.69) is 168 Å². The van der Waals surface area contributed by atoms with Crippen molar-refractivity contribution < 1.29 is 0 Å². The number of fused-ring (bicyclic) bond motifs is 9. The van der Waals surface area contributed by atoms with Crippen molar-refractivity contribution in [2.45, 2.75) is 0 Å². The molecule has 0 unspecified atom stereocenters. The van der Waals surface area contributed by atoms with E-state index in [0.29, 0.717) is 0 Å². The highest BCUT2D eigenvalue weighted by molar-refractivity contribution is 6.31. The summed E-state index contributed by atoms with van der Waals surface area (Å²) in [5.74, 6) is 0. The largest absolute Gasteiger partial charge is 0.309 e. The summed E-state index contributed by atoms with van der Waals surface area (Å²) in [6.07, 6.45) is 0. The Kier molecular flexibility index (Phi) is 5.06. The Morgan fingerprint density at radius 3 is 1.80 bits per heavy atom. The van der Waals surface area contributed by atoms with Crippen LogP contribution in [0.1, 0.15) is 0 Å². The van der Waals surface area contributed by atoms with Crippen molar-refractivity contribution in [1.29, 1.82) is 0 Å². The fraction of sp³-hybridized carbons (Fsp3) is 0. The van der Waals surface area contributed by atoms with Gasteiger partial charge in [-0.15, -0.1) is 0 Å². The lowest BCUT2D eigenvalue weighted by Gasteiger charge is -2.13. The SMILES string of the molecule is c1ccc(-c2ccc(-c3cccc(-n4c5cc6c7c(cccc7c5c5ccc7ccccc7c54)-c4ccccc4-6)c3)cc2)cc1. The van der Waals surface area contributed by atoms with E-state index in [1.54, 1.807) is 0 Å². The second-order valence-electron chi connectivity index (χ2n) is 12.1. The second-order valence-corrected chi connectivity index (χ2v) is 12.1. The lowest BCUT2D eigenvalue weighted by molar-refractivity contribution is 1.19. The quantitative estimate of drug-likeness (QED) is 0.199. The van der Waals surface area contributed by atoms with Crippen molar-refractivity contribution >= 4 is 43.4 Å². The molecule has 1 heteroatoms. The Morgan fingerprint density at radius 1 is 0.333 bits per heavy atom. The van der Waals surface area contributed by atoms with Crippen molar-refractivity contribution in [2.75, 3.05) is 0 Å². The topological polar surface area (TPSA) is 4.93 Å². The average molecular weight is 570 g/mol. The van der Waals surface area contributed by atoms with Crippen LogP contribution >= 0.6 is 0 Å². The smallest absolute Gasteiger partial charge is 0.0619 e. The predicted octanol–water partition coefficient (Wildman–Crippen LogP) is 12.1. The van der Waals surface area contributed by atoms with Crippen molar-refractivity contribution in [3.8, 4) is 50.2 Å². The Hall–Kier alpha value is -5.92. The molecule has 0 aliphatic heterocycles. The molecule has 8 aromatic carbocycles. The molecule has 0 bridgehead atoms. The Bertz CT molecular complexity index is 2620. The first-order valence-electron chi connectivity index (χ1n) is 15.6. The van der Waals surface area contributed by atoms with Gasteiger partial charge in [-0.1, -0.05) is 146 Å². The third-order valence-electron chi connectivity index (χ3n) is 9.71. The highest BCUT2D eigenvalue weighted by atomic mass is 15.0. The second kappa shape index (κ2) is 9.29. The van der Waals surface area contributed by atoms with Gasteiger partial charge in [0.25, 0.3) is 0 Å². The minimum Gasteiger partial charge on any atom is -0.309 e. The number of nitrogens with zero attached hydrogens (tertiary/aromatic N) is 1. The lowest BCUT2D eigenvalue weighted by atomic mass is 9.97. The summed E-state index contributed by atoms with van der Waals surface area (Å²) < 4.78 is 2.51. The molecule has 45 heavy (non-hydrogen) atoms. The minimum absolute atomic E-state index is 1.17. The summed E-state index contributed by atoms with van der Waals surface area (Å²) in [5.41, 5.74) is 13.9. The zero-order valence-corrected chi connectivity index (χ0v) is 24.5. The molecule has 1 aliphatic carbocycles. The molecule has 1 aromatic heterocycles. The average Bonchev–Trinajstić information content (AvgIpc) is 3.63. The zero-order chi connectivity index (χ0) is 29.5. The lowest BCUT2D eigenvalue weighted by Crippen LogP contribution is -1.95. The van der Waals surface area contributed by atoms with Gasteiger partial charge >= 0.3 is 0 Å². The van der Waals surface area contributed by atoms with Gasteiger partial charge < -0.3 is 4.57 Å². The molecular weight excluding hydrogens is 542 g/mol. The molecule has 1 nitrogen and oxygen atoms in total. The molecular formula is C44H27N. The van der Waals surface area contributed by atoms with Crippen molar-refractivity contribution in [3.05, 3.63) is 164 Å². The van der Waals surface area contributed by atoms with Crippen LogP contribution in [0.3, 0.4) is 0 Å². The number of hydrogen-bond donors (Lipinski definition) is 0.